The van der Waals surface area contributed by atoms with Crippen molar-refractivity contribution in [3.05, 3.63) is 29.8 Å². The van der Waals surface area contributed by atoms with Crippen molar-refractivity contribution >= 4 is 5.78 Å². The fourth-order valence-electron chi connectivity index (χ4n) is 2.88. The predicted molar refractivity (Wildman–Crippen MR) is 81.4 cm³/mol. The van der Waals surface area contributed by atoms with Gasteiger partial charge in [0.25, 0.3) is 0 Å². The highest BCUT2D eigenvalue weighted by atomic mass is 16.5. The number of ketones is 1. The van der Waals surface area contributed by atoms with Crippen LogP contribution in [-0.2, 0) is 0 Å². The minimum Gasteiger partial charge on any atom is -0.486 e. The molecule has 0 N–H and O–H groups in total. The van der Waals surface area contributed by atoms with Crippen molar-refractivity contribution in [1.82, 2.24) is 4.90 Å². The largest absolute Gasteiger partial charge is 0.486 e. The first-order chi connectivity index (χ1) is 9.58. The molecule has 0 aromatic heterocycles. The van der Waals surface area contributed by atoms with E-state index in [2.05, 4.69) is 25.7 Å². The Bertz CT molecular complexity index is 468. The normalized spacial score (nSPS) is 21.7. The van der Waals surface area contributed by atoms with Gasteiger partial charge in [0.05, 0.1) is 12.0 Å². The molecule has 0 fully saturated rings. The number of Topliss-reactive ketones (excluding diaryl/α,β-unsaturated/α-hetero) is 1. The second-order valence-electron chi connectivity index (χ2n) is 5.78. The highest BCUT2D eigenvalue weighted by molar-refractivity contribution is 6.00. The third kappa shape index (κ3) is 3.40. The standard InChI is InChI=1S/C17H25NO2/c1-4-18(5-2)12-8-11-17(3)13-15(19)14-9-6-7-10-16(14)20-17/h6-7,9-10H,4-5,8,11-13H2,1-3H3. The maximum atomic E-state index is 12.2. The van der Waals surface area contributed by atoms with Gasteiger partial charge in [0, 0.05) is 0 Å². The molecule has 110 valence electrons. The molecule has 0 aliphatic carbocycles. The summed E-state index contributed by atoms with van der Waals surface area (Å²) in [6.45, 7) is 9.65. The molecule has 1 atom stereocenters. The summed E-state index contributed by atoms with van der Waals surface area (Å²) in [6.07, 6.45) is 2.47. The van der Waals surface area contributed by atoms with Crippen LogP contribution in [0.2, 0.25) is 0 Å². The highest BCUT2D eigenvalue weighted by Gasteiger charge is 2.35. The Morgan fingerprint density at radius 1 is 1.25 bits per heavy atom. The molecule has 1 unspecified atom stereocenters. The fourth-order valence-corrected chi connectivity index (χ4v) is 2.88. The molecule has 0 spiro atoms. The van der Waals surface area contributed by atoms with E-state index < -0.39 is 0 Å². The molecular formula is C17H25NO2. The molecule has 1 aliphatic heterocycles. The summed E-state index contributed by atoms with van der Waals surface area (Å²) in [4.78, 5) is 14.6. The van der Waals surface area contributed by atoms with E-state index in [-0.39, 0.29) is 11.4 Å². The smallest absolute Gasteiger partial charge is 0.170 e. The van der Waals surface area contributed by atoms with Crippen molar-refractivity contribution in [3.8, 4) is 5.75 Å². The van der Waals surface area contributed by atoms with E-state index in [0.717, 1.165) is 43.8 Å². The van der Waals surface area contributed by atoms with Crippen LogP contribution in [0.15, 0.2) is 24.3 Å². The van der Waals surface area contributed by atoms with Crippen LogP contribution in [0.1, 0.15) is 50.4 Å². The Kier molecular flexibility index (Phi) is 4.81. The van der Waals surface area contributed by atoms with Crippen molar-refractivity contribution in [2.75, 3.05) is 19.6 Å². The van der Waals surface area contributed by atoms with Gasteiger partial charge in [0.2, 0.25) is 0 Å². The van der Waals surface area contributed by atoms with Crippen LogP contribution in [0.3, 0.4) is 0 Å². The average Bonchev–Trinajstić information content (AvgIpc) is 2.43. The van der Waals surface area contributed by atoms with E-state index >= 15 is 0 Å². The van der Waals surface area contributed by atoms with Crippen LogP contribution < -0.4 is 4.74 Å². The second-order valence-corrected chi connectivity index (χ2v) is 5.78. The Morgan fingerprint density at radius 3 is 2.65 bits per heavy atom. The van der Waals surface area contributed by atoms with Gasteiger partial charge in [0.15, 0.2) is 5.78 Å². The first-order valence-electron chi connectivity index (χ1n) is 7.61. The van der Waals surface area contributed by atoms with Gasteiger partial charge in [-0.25, -0.2) is 0 Å². The van der Waals surface area contributed by atoms with E-state index in [1.807, 2.05) is 24.3 Å². The number of benzene rings is 1. The molecule has 3 heteroatoms. The van der Waals surface area contributed by atoms with Gasteiger partial charge in [-0.15, -0.1) is 0 Å². The Balaban J connectivity index is 1.97. The first-order valence-corrected chi connectivity index (χ1v) is 7.61. The zero-order valence-electron chi connectivity index (χ0n) is 12.8. The van der Waals surface area contributed by atoms with Gasteiger partial charge in [-0.1, -0.05) is 26.0 Å². The summed E-state index contributed by atoms with van der Waals surface area (Å²) in [5.74, 6) is 0.950. The van der Waals surface area contributed by atoms with Crippen LogP contribution in [0.5, 0.6) is 5.75 Å². The number of para-hydroxylation sites is 1. The summed E-state index contributed by atoms with van der Waals surface area (Å²) in [7, 11) is 0. The average molecular weight is 275 g/mol. The van der Waals surface area contributed by atoms with Crippen molar-refractivity contribution in [2.45, 2.75) is 45.6 Å². The lowest BCUT2D eigenvalue weighted by molar-refractivity contribution is 0.0439. The number of ether oxygens (including phenoxy) is 1. The minimum absolute atomic E-state index is 0.206. The lowest BCUT2D eigenvalue weighted by Crippen LogP contribution is -2.40. The number of rotatable bonds is 6. The molecule has 2 rings (SSSR count). The van der Waals surface area contributed by atoms with Crippen LogP contribution in [0.4, 0.5) is 0 Å². The predicted octanol–water partition coefficient (Wildman–Crippen LogP) is 3.53. The number of hydrogen-bond donors (Lipinski definition) is 0. The van der Waals surface area contributed by atoms with Crippen molar-refractivity contribution in [2.24, 2.45) is 0 Å². The number of fused-ring (bicyclic) bond motifs is 1. The molecule has 20 heavy (non-hydrogen) atoms. The lowest BCUT2D eigenvalue weighted by Gasteiger charge is -2.35. The number of nitrogens with zero attached hydrogens (tertiary/aromatic N) is 1. The van der Waals surface area contributed by atoms with Crippen LogP contribution in [-0.4, -0.2) is 35.9 Å². The van der Waals surface area contributed by atoms with Gasteiger partial charge >= 0.3 is 0 Å². The molecule has 1 aromatic carbocycles. The summed E-state index contributed by atoms with van der Waals surface area (Å²) >= 11 is 0. The summed E-state index contributed by atoms with van der Waals surface area (Å²) in [5.41, 5.74) is 0.382. The fraction of sp³-hybridized carbons (Fsp3) is 0.588. The van der Waals surface area contributed by atoms with Crippen LogP contribution >= 0.6 is 0 Å². The van der Waals surface area contributed by atoms with Gasteiger partial charge in [0.1, 0.15) is 11.4 Å². The van der Waals surface area contributed by atoms with E-state index in [0.29, 0.717) is 6.42 Å². The summed E-state index contributed by atoms with van der Waals surface area (Å²) < 4.78 is 6.10. The highest BCUT2D eigenvalue weighted by Crippen LogP contribution is 2.35. The van der Waals surface area contributed by atoms with Crippen molar-refractivity contribution in [1.29, 1.82) is 0 Å². The van der Waals surface area contributed by atoms with E-state index in [9.17, 15) is 4.79 Å². The zero-order chi connectivity index (χ0) is 14.6. The second kappa shape index (κ2) is 6.40. The molecule has 1 aliphatic rings. The van der Waals surface area contributed by atoms with E-state index in [1.54, 1.807) is 0 Å². The third-order valence-electron chi connectivity index (χ3n) is 4.15. The van der Waals surface area contributed by atoms with Crippen LogP contribution in [0.25, 0.3) is 0 Å². The maximum Gasteiger partial charge on any atom is 0.170 e. The van der Waals surface area contributed by atoms with Gasteiger partial charge < -0.3 is 9.64 Å². The Labute approximate surface area is 121 Å². The Hall–Kier alpha value is -1.35. The Morgan fingerprint density at radius 2 is 1.95 bits per heavy atom. The molecule has 0 amide bonds. The minimum atomic E-state index is -0.349. The monoisotopic (exact) mass is 275 g/mol. The quantitative estimate of drug-likeness (QED) is 0.795. The summed E-state index contributed by atoms with van der Waals surface area (Å²) in [5, 5.41) is 0. The molecule has 1 heterocycles. The maximum absolute atomic E-state index is 12.2. The van der Waals surface area contributed by atoms with E-state index in [4.69, 9.17) is 4.74 Å². The molecular weight excluding hydrogens is 250 g/mol. The first kappa shape index (κ1) is 15.0. The molecule has 3 nitrogen and oxygen atoms in total. The lowest BCUT2D eigenvalue weighted by atomic mass is 9.88. The molecule has 0 saturated heterocycles. The number of carbonyl (C=O) groups excluding carboxylic acids is 1. The topological polar surface area (TPSA) is 29.5 Å². The van der Waals surface area contributed by atoms with Crippen molar-refractivity contribution < 1.29 is 9.53 Å². The van der Waals surface area contributed by atoms with Gasteiger partial charge in [-0.2, -0.15) is 0 Å². The van der Waals surface area contributed by atoms with Gasteiger partial charge in [-0.05, 0) is 51.5 Å². The van der Waals surface area contributed by atoms with Gasteiger partial charge in [-0.3, -0.25) is 4.79 Å². The summed E-state index contributed by atoms with van der Waals surface area (Å²) in [6, 6.07) is 7.57. The van der Waals surface area contributed by atoms with Crippen LogP contribution in [0, 0.1) is 0 Å². The number of carbonyl (C=O) groups is 1. The molecule has 0 radical (unpaired) electrons. The number of hydrogen-bond acceptors (Lipinski definition) is 3. The SMILES string of the molecule is CCN(CC)CCCC1(C)CC(=O)c2ccccc2O1. The molecule has 1 aromatic rings. The van der Waals surface area contributed by atoms with Crippen molar-refractivity contribution in [3.63, 3.8) is 0 Å². The van der Waals surface area contributed by atoms with E-state index in [1.165, 1.54) is 0 Å². The molecule has 0 bridgehead atoms. The zero-order valence-corrected chi connectivity index (χ0v) is 12.8. The molecule has 0 saturated carbocycles. The third-order valence-corrected chi connectivity index (χ3v) is 4.15.